The standard InChI is InChI=1S/C19H36O/c1-3-5-6-7-8-9-10-12-19(20)18-15-13-17(11-4-2)14-16-18/h17-18H,3-16H2,1-2H3. The molecule has 1 fully saturated rings. The van der Waals surface area contributed by atoms with Crippen molar-refractivity contribution in [1.82, 2.24) is 0 Å². The normalized spacial score (nSPS) is 22.9. The van der Waals surface area contributed by atoms with Gasteiger partial charge in [0.25, 0.3) is 0 Å². The van der Waals surface area contributed by atoms with Crippen LogP contribution in [-0.4, -0.2) is 5.78 Å². The lowest BCUT2D eigenvalue weighted by atomic mass is 9.77. The third-order valence-electron chi connectivity index (χ3n) is 5.03. The lowest BCUT2D eigenvalue weighted by Gasteiger charge is -2.27. The Morgan fingerprint density at radius 1 is 0.800 bits per heavy atom. The van der Waals surface area contributed by atoms with Gasteiger partial charge in [0.05, 0.1) is 0 Å². The molecule has 0 heterocycles. The van der Waals surface area contributed by atoms with Gasteiger partial charge < -0.3 is 0 Å². The molecule has 20 heavy (non-hydrogen) atoms. The highest BCUT2D eigenvalue weighted by atomic mass is 16.1. The van der Waals surface area contributed by atoms with E-state index in [1.165, 1.54) is 77.0 Å². The zero-order valence-corrected chi connectivity index (χ0v) is 14.0. The smallest absolute Gasteiger partial charge is 0.135 e. The van der Waals surface area contributed by atoms with Gasteiger partial charge in [0.1, 0.15) is 5.78 Å². The molecule has 0 radical (unpaired) electrons. The third-order valence-corrected chi connectivity index (χ3v) is 5.03. The molecule has 0 saturated heterocycles. The molecule has 0 aromatic rings. The molecule has 1 saturated carbocycles. The minimum absolute atomic E-state index is 0.420. The molecule has 1 aliphatic rings. The van der Waals surface area contributed by atoms with E-state index in [2.05, 4.69) is 13.8 Å². The van der Waals surface area contributed by atoms with Crippen LogP contribution in [0.25, 0.3) is 0 Å². The fourth-order valence-corrected chi connectivity index (χ4v) is 3.64. The highest BCUT2D eigenvalue weighted by molar-refractivity contribution is 5.81. The molecule has 0 aromatic carbocycles. The van der Waals surface area contributed by atoms with Crippen molar-refractivity contribution in [3.8, 4) is 0 Å². The highest BCUT2D eigenvalue weighted by Gasteiger charge is 2.25. The van der Waals surface area contributed by atoms with E-state index >= 15 is 0 Å². The van der Waals surface area contributed by atoms with E-state index < -0.39 is 0 Å². The van der Waals surface area contributed by atoms with Crippen LogP contribution in [0.1, 0.15) is 104 Å². The van der Waals surface area contributed by atoms with E-state index in [-0.39, 0.29) is 0 Å². The van der Waals surface area contributed by atoms with Crippen molar-refractivity contribution in [3.05, 3.63) is 0 Å². The first-order chi connectivity index (χ1) is 9.77. The second kappa shape index (κ2) is 11.3. The van der Waals surface area contributed by atoms with Gasteiger partial charge in [-0.15, -0.1) is 0 Å². The van der Waals surface area contributed by atoms with E-state index in [4.69, 9.17) is 0 Å². The van der Waals surface area contributed by atoms with Crippen LogP contribution in [0.15, 0.2) is 0 Å². The van der Waals surface area contributed by atoms with Crippen LogP contribution in [0.4, 0.5) is 0 Å². The van der Waals surface area contributed by atoms with Crippen molar-refractivity contribution in [3.63, 3.8) is 0 Å². The molecule has 0 N–H and O–H groups in total. The largest absolute Gasteiger partial charge is 0.299 e. The molecule has 118 valence electrons. The van der Waals surface area contributed by atoms with Gasteiger partial charge in [-0.25, -0.2) is 0 Å². The Balaban J connectivity index is 2.00. The van der Waals surface area contributed by atoms with Crippen molar-refractivity contribution in [2.24, 2.45) is 11.8 Å². The number of ketones is 1. The summed E-state index contributed by atoms with van der Waals surface area (Å²) in [6.45, 7) is 4.53. The first-order valence-corrected chi connectivity index (χ1v) is 9.30. The quantitative estimate of drug-likeness (QED) is 0.406. The lowest BCUT2D eigenvalue weighted by molar-refractivity contribution is -0.124. The van der Waals surface area contributed by atoms with Crippen LogP contribution < -0.4 is 0 Å². The topological polar surface area (TPSA) is 17.1 Å². The fourth-order valence-electron chi connectivity index (χ4n) is 3.64. The van der Waals surface area contributed by atoms with Crippen LogP contribution >= 0.6 is 0 Å². The Morgan fingerprint density at radius 3 is 2.00 bits per heavy atom. The van der Waals surface area contributed by atoms with E-state index in [1.54, 1.807) is 0 Å². The Labute approximate surface area is 126 Å². The monoisotopic (exact) mass is 280 g/mol. The second-order valence-electron chi connectivity index (χ2n) is 6.84. The maximum Gasteiger partial charge on any atom is 0.135 e. The molecular formula is C19H36O. The van der Waals surface area contributed by atoms with Crippen LogP contribution in [0.5, 0.6) is 0 Å². The van der Waals surface area contributed by atoms with Gasteiger partial charge in [-0.05, 0) is 38.0 Å². The van der Waals surface area contributed by atoms with Gasteiger partial charge >= 0.3 is 0 Å². The molecule has 0 aliphatic heterocycles. The summed E-state index contributed by atoms with van der Waals surface area (Å²) >= 11 is 0. The van der Waals surface area contributed by atoms with Crippen LogP contribution in [0.3, 0.4) is 0 Å². The summed E-state index contributed by atoms with van der Waals surface area (Å²) in [6, 6.07) is 0. The molecule has 1 nitrogen and oxygen atoms in total. The predicted octanol–water partition coefficient (Wildman–Crippen LogP) is 6.30. The van der Waals surface area contributed by atoms with Crippen LogP contribution in [0.2, 0.25) is 0 Å². The number of unbranched alkanes of at least 4 members (excludes halogenated alkanes) is 6. The average Bonchev–Trinajstić information content (AvgIpc) is 2.47. The fraction of sp³-hybridized carbons (Fsp3) is 0.947. The van der Waals surface area contributed by atoms with Crippen LogP contribution in [0, 0.1) is 11.8 Å². The first kappa shape index (κ1) is 17.7. The van der Waals surface area contributed by atoms with E-state index in [9.17, 15) is 4.79 Å². The van der Waals surface area contributed by atoms with Gasteiger partial charge in [-0.2, -0.15) is 0 Å². The minimum Gasteiger partial charge on any atom is -0.299 e. The Bertz CT molecular complexity index is 238. The van der Waals surface area contributed by atoms with Gasteiger partial charge in [-0.1, -0.05) is 65.2 Å². The Hall–Kier alpha value is -0.330. The minimum atomic E-state index is 0.420. The summed E-state index contributed by atoms with van der Waals surface area (Å²) in [4.78, 5) is 12.2. The van der Waals surface area contributed by atoms with Crippen LogP contribution in [-0.2, 0) is 4.79 Å². The number of rotatable bonds is 11. The summed E-state index contributed by atoms with van der Waals surface area (Å²) in [6.07, 6.45) is 17.7. The number of hydrogen-bond donors (Lipinski definition) is 0. The Kier molecular flexibility index (Phi) is 10.1. The van der Waals surface area contributed by atoms with Gasteiger partial charge in [0.2, 0.25) is 0 Å². The molecule has 1 heteroatoms. The molecular weight excluding hydrogens is 244 g/mol. The van der Waals surface area contributed by atoms with Gasteiger partial charge in [0.15, 0.2) is 0 Å². The number of carbonyl (C=O) groups excluding carboxylic acids is 1. The first-order valence-electron chi connectivity index (χ1n) is 9.30. The number of Topliss-reactive ketones (excluding diaryl/α,β-unsaturated/α-hetero) is 1. The van der Waals surface area contributed by atoms with Crippen molar-refractivity contribution in [2.75, 3.05) is 0 Å². The van der Waals surface area contributed by atoms with Gasteiger partial charge in [-0.3, -0.25) is 4.79 Å². The molecule has 1 rings (SSSR count). The summed E-state index contributed by atoms with van der Waals surface area (Å²) in [5, 5.41) is 0. The second-order valence-corrected chi connectivity index (χ2v) is 6.84. The average molecular weight is 280 g/mol. The van der Waals surface area contributed by atoms with Gasteiger partial charge in [0, 0.05) is 12.3 Å². The summed E-state index contributed by atoms with van der Waals surface area (Å²) in [7, 11) is 0. The maximum atomic E-state index is 12.2. The predicted molar refractivity (Wildman–Crippen MR) is 88.0 cm³/mol. The van der Waals surface area contributed by atoms with Crippen molar-refractivity contribution >= 4 is 5.78 Å². The van der Waals surface area contributed by atoms with Crippen molar-refractivity contribution < 1.29 is 4.79 Å². The zero-order valence-electron chi connectivity index (χ0n) is 14.0. The summed E-state index contributed by atoms with van der Waals surface area (Å²) in [5.74, 6) is 1.92. The maximum absolute atomic E-state index is 12.2. The number of carbonyl (C=O) groups is 1. The highest BCUT2D eigenvalue weighted by Crippen LogP contribution is 2.32. The summed E-state index contributed by atoms with van der Waals surface area (Å²) in [5.41, 5.74) is 0. The van der Waals surface area contributed by atoms with Crippen molar-refractivity contribution in [2.45, 2.75) is 104 Å². The zero-order chi connectivity index (χ0) is 14.6. The van der Waals surface area contributed by atoms with E-state index in [0.717, 1.165) is 18.8 Å². The summed E-state index contributed by atoms with van der Waals surface area (Å²) < 4.78 is 0. The Morgan fingerprint density at radius 2 is 1.40 bits per heavy atom. The molecule has 0 amide bonds. The molecule has 0 aromatic heterocycles. The molecule has 0 unspecified atom stereocenters. The third kappa shape index (κ3) is 7.45. The lowest BCUT2D eigenvalue weighted by Crippen LogP contribution is -2.21. The number of hydrogen-bond acceptors (Lipinski definition) is 1. The van der Waals surface area contributed by atoms with E-state index in [1.807, 2.05) is 0 Å². The van der Waals surface area contributed by atoms with Crippen molar-refractivity contribution in [1.29, 1.82) is 0 Å². The molecule has 0 bridgehead atoms. The van der Waals surface area contributed by atoms with E-state index in [0.29, 0.717) is 11.7 Å². The molecule has 0 atom stereocenters. The SMILES string of the molecule is CCCCCCCCCC(=O)C1CCC(CCC)CC1. The molecule has 0 spiro atoms. The molecule has 1 aliphatic carbocycles.